The summed E-state index contributed by atoms with van der Waals surface area (Å²) in [6, 6.07) is 21.5. The lowest BCUT2D eigenvalue weighted by atomic mass is 10.1. The average molecular weight is 528 g/mol. The zero-order valence-electron chi connectivity index (χ0n) is 21.3. The number of carbonyl (C=O) groups excluding carboxylic acids is 2. The van der Waals surface area contributed by atoms with Gasteiger partial charge in [0.15, 0.2) is 5.17 Å². The number of hydrogen-bond acceptors (Lipinski definition) is 5. The maximum absolute atomic E-state index is 14.4. The van der Waals surface area contributed by atoms with Crippen molar-refractivity contribution in [3.8, 4) is 0 Å². The van der Waals surface area contributed by atoms with Gasteiger partial charge in [0.05, 0.1) is 29.3 Å². The number of para-hydroxylation sites is 1. The zero-order chi connectivity index (χ0) is 26.8. The highest BCUT2D eigenvalue weighted by Gasteiger charge is 2.31. The van der Waals surface area contributed by atoms with Crippen molar-refractivity contribution in [2.75, 3.05) is 13.7 Å². The maximum Gasteiger partial charge on any atom is 0.338 e. The summed E-state index contributed by atoms with van der Waals surface area (Å²) in [5, 5.41) is 1.49. The Balaban J connectivity index is 1.50. The number of aromatic nitrogens is 1. The first-order valence-corrected chi connectivity index (χ1v) is 13.0. The Bertz CT molecular complexity index is 1620. The Labute approximate surface area is 224 Å². The van der Waals surface area contributed by atoms with E-state index in [1.807, 2.05) is 43.3 Å². The van der Waals surface area contributed by atoms with E-state index in [2.05, 4.69) is 9.56 Å². The zero-order valence-corrected chi connectivity index (χ0v) is 22.1. The van der Waals surface area contributed by atoms with Crippen LogP contribution in [0.4, 0.5) is 10.1 Å². The highest BCUT2D eigenvalue weighted by Crippen LogP contribution is 2.36. The van der Waals surface area contributed by atoms with Crippen LogP contribution in [0.3, 0.4) is 0 Å². The average Bonchev–Trinajstić information content (AvgIpc) is 3.33. The van der Waals surface area contributed by atoms with Crippen LogP contribution in [0, 0.1) is 12.7 Å². The minimum atomic E-state index is -0.416. The molecule has 1 fully saturated rings. The van der Waals surface area contributed by atoms with Gasteiger partial charge >= 0.3 is 5.97 Å². The van der Waals surface area contributed by atoms with Crippen LogP contribution in [-0.2, 0) is 16.1 Å². The molecule has 4 aromatic rings. The lowest BCUT2D eigenvalue weighted by Gasteiger charge is -2.09. The van der Waals surface area contributed by atoms with Crippen LogP contribution < -0.4 is 0 Å². The van der Waals surface area contributed by atoms with Crippen molar-refractivity contribution in [2.45, 2.75) is 20.4 Å². The highest BCUT2D eigenvalue weighted by atomic mass is 32.2. The quantitative estimate of drug-likeness (QED) is 0.211. The summed E-state index contributed by atoms with van der Waals surface area (Å²) in [5.41, 5.74) is 4.36. The minimum absolute atomic E-state index is 0.166. The molecule has 0 spiro atoms. The van der Waals surface area contributed by atoms with E-state index in [0.29, 0.717) is 33.4 Å². The van der Waals surface area contributed by atoms with Gasteiger partial charge in [-0.05, 0) is 62.0 Å². The van der Waals surface area contributed by atoms with Gasteiger partial charge in [0.2, 0.25) is 0 Å². The summed E-state index contributed by atoms with van der Waals surface area (Å²) >= 11 is 1.28. The largest absolute Gasteiger partial charge is 0.462 e. The van der Waals surface area contributed by atoms with Crippen LogP contribution in [0.5, 0.6) is 0 Å². The van der Waals surface area contributed by atoms with Gasteiger partial charge in [-0.25, -0.2) is 14.2 Å². The van der Waals surface area contributed by atoms with Gasteiger partial charge < -0.3 is 9.30 Å². The van der Waals surface area contributed by atoms with Crippen LogP contribution in [0.15, 0.2) is 82.7 Å². The van der Waals surface area contributed by atoms with Crippen LogP contribution >= 0.6 is 11.8 Å². The first-order chi connectivity index (χ1) is 18.4. The number of likely N-dealkylation sites (N-methyl/N-ethyl adjacent to an activating group) is 1. The normalized spacial score (nSPS) is 15.7. The molecule has 192 valence electrons. The van der Waals surface area contributed by atoms with E-state index in [9.17, 15) is 14.0 Å². The van der Waals surface area contributed by atoms with Crippen molar-refractivity contribution in [3.63, 3.8) is 0 Å². The summed E-state index contributed by atoms with van der Waals surface area (Å²) in [7, 11) is 1.68. The molecule has 0 atom stereocenters. The van der Waals surface area contributed by atoms with E-state index < -0.39 is 5.97 Å². The van der Waals surface area contributed by atoms with E-state index in [0.717, 1.165) is 22.2 Å². The summed E-state index contributed by atoms with van der Waals surface area (Å²) in [4.78, 5) is 32.0. The lowest BCUT2D eigenvalue weighted by Crippen LogP contribution is -2.23. The van der Waals surface area contributed by atoms with Crippen LogP contribution in [0.1, 0.15) is 34.1 Å². The molecule has 1 aliphatic heterocycles. The number of ether oxygens (including phenoxy) is 1. The predicted octanol–water partition coefficient (Wildman–Crippen LogP) is 6.55. The number of benzene rings is 3. The van der Waals surface area contributed by atoms with Crippen LogP contribution in [-0.4, -0.2) is 40.2 Å². The molecule has 6 nitrogen and oxygen atoms in total. The Hall–Kier alpha value is -4.17. The number of amides is 1. The van der Waals surface area contributed by atoms with Gasteiger partial charge in [0, 0.05) is 34.8 Å². The molecule has 2 heterocycles. The molecule has 8 heteroatoms. The SMILES string of the molecule is CCOC(=O)c1cccc(N=C2SC(=Cc3c(C)n(Cc4ccccc4F)c4ccccc34)C(=O)N2C)c1. The van der Waals surface area contributed by atoms with E-state index in [-0.39, 0.29) is 18.3 Å². The van der Waals surface area contributed by atoms with E-state index in [1.165, 1.54) is 22.7 Å². The van der Waals surface area contributed by atoms with Crippen LogP contribution in [0.25, 0.3) is 17.0 Å². The first-order valence-electron chi connectivity index (χ1n) is 12.2. The number of hydrogen-bond donors (Lipinski definition) is 0. The molecule has 0 radical (unpaired) electrons. The molecule has 1 saturated heterocycles. The van der Waals surface area contributed by atoms with Crippen LogP contribution in [0.2, 0.25) is 0 Å². The molecule has 38 heavy (non-hydrogen) atoms. The van der Waals surface area contributed by atoms with Crippen molar-refractivity contribution in [1.82, 2.24) is 9.47 Å². The fraction of sp³-hybridized carbons (Fsp3) is 0.167. The first kappa shape index (κ1) is 25.5. The Kier molecular flexibility index (Phi) is 7.15. The maximum atomic E-state index is 14.4. The van der Waals surface area contributed by atoms with Gasteiger partial charge in [-0.2, -0.15) is 0 Å². The van der Waals surface area contributed by atoms with E-state index in [1.54, 1.807) is 50.4 Å². The van der Waals surface area contributed by atoms with Crippen molar-refractivity contribution in [3.05, 3.63) is 106 Å². The molecule has 3 aromatic carbocycles. The summed E-state index contributed by atoms with van der Waals surface area (Å²) in [6.07, 6.45) is 1.89. The second kappa shape index (κ2) is 10.7. The fourth-order valence-electron chi connectivity index (χ4n) is 4.45. The number of nitrogens with zero attached hydrogens (tertiary/aromatic N) is 3. The summed E-state index contributed by atoms with van der Waals surface area (Å²) in [5.74, 6) is -0.831. The third-order valence-electron chi connectivity index (χ3n) is 6.43. The monoisotopic (exact) mass is 527 g/mol. The van der Waals surface area contributed by atoms with Gasteiger partial charge in [0.25, 0.3) is 5.91 Å². The Morgan fingerprint density at radius 3 is 2.63 bits per heavy atom. The third-order valence-corrected chi connectivity index (χ3v) is 7.49. The smallest absolute Gasteiger partial charge is 0.338 e. The molecule has 0 saturated carbocycles. The highest BCUT2D eigenvalue weighted by molar-refractivity contribution is 8.18. The number of thioether (sulfide) groups is 1. The van der Waals surface area contributed by atoms with Gasteiger partial charge in [-0.15, -0.1) is 0 Å². The predicted molar refractivity (Wildman–Crippen MR) is 150 cm³/mol. The van der Waals surface area contributed by atoms with Crippen molar-refractivity contribution < 1.29 is 18.7 Å². The molecule has 0 aliphatic carbocycles. The molecule has 1 amide bonds. The van der Waals surface area contributed by atoms with Gasteiger partial charge in [-0.1, -0.05) is 42.5 Å². The number of halogens is 1. The Morgan fingerprint density at radius 2 is 1.84 bits per heavy atom. The molecule has 0 bridgehead atoms. The van der Waals surface area contributed by atoms with Crippen molar-refractivity contribution in [1.29, 1.82) is 0 Å². The third kappa shape index (κ3) is 4.87. The number of fused-ring (bicyclic) bond motifs is 1. The second-order valence-electron chi connectivity index (χ2n) is 8.83. The molecular weight excluding hydrogens is 501 g/mol. The fourth-order valence-corrected chi connectivity index (χ4v) is 5.42. The minimum Gasteiger partial charge on any atom is -0.462 e. The second-order valence-corrected chi connectivity index (χ2v) is 9.84. The Morgan fingerprint density at radius 1 is 1.08 bits per heavy atom. The molecule has 0 unspecified atom stereocenters. The van der Waals surface area contributed by atoms with E-state index in [4.69, 9.17) is 4.74 Å². The van der Waals surface area contributed by atoms with Gasteiger partial charge in [-0.3, -0.25) is 9.69 Å². The van der Waals surface area contributed by atoms with Gasteiger partial charge in [0.1, 0.15) is 5.82 Å². The standard InChI is InChI=1S/C30H26FN3O3S/c1-4-37-29(36)20-11-9-12-22(16-20)32-30-33(3)28(35)27(38-30)17-24-19(2)34(26-15-8-6-13-23(24)26)18-21-10-5-7-14-25(21)31/h5-17H,4,18H2,1-3H3. The molecular formula is C30H26FN3O3S. The number of amidine groups is 1. The van der Waals surface area contributed by atoms with Crippen molar-refractivity contribution >= 4 is 51.5 Å². The van der Waals surface area contributed by atoms with Crippen molar-refractivity contribution in [2.24, 2.45) is 4.99 Å². The molecule has 0 N–H and O–H groups in total. The molecule has 1 aromatic heterocycles. The number of carbonyl (C=O) groups is 2. The van der Waals surface area contributed by atoms with E-state index >= 15 is 0 Å². The lowest BCUT2D eigenvalue weighted by molar-refractivity contribution is -0.121. The summed E-state index contributed by atoms with van der Waals surface area (Å²) in [6.45, 7) is 4.41. The topological polar surface area (TPSA) is 63.9 Å². The number of rotatable bonds is 6. The summed E-state index contributed by atoms with van der Waals surface area (Å²) < 4.78 is 21.6. The molecule has 1 aliphatic rings. The number of aliphatic imine (C=N–C) groups is 1. The number of esters is 1. The molecule has 5 rings (SSSR count).